The molecular formula is C21H27F2N3O4. The third-order valence-corrected chi connectivity index (χ3v) is 4.17. The molecule has 2 N–H and O–H groups in total. The van der Waals surface area contributed by atoms with Gasteiger partial charge in [-0.25, -0.2) is 4.99 Å². The summed E-state index contributed by atoms with van der Waals surface area (Å²) < 4.78 is 46.0. The maximum atomic E-state index is 12.6. The molecule has 9 heteroatoms. The lowest BCUT2D eigenvalue weighted by Gasteiger charge is -2.16. The van der Waals surface area contributed by atoms with Gasteiger partial charge >= 0.3 is 6.61 Å². The van der Waals surface area contributed by atoms with Gasteiger partial charge in [-0.15, -0.1) is 0 Å². The Bertz CT molecular complexity index is 847. The number of methoxy groups -OCH3 is 3. The van der Waals surface area contributed by atoms with Crippen LogP contribution in [0.15, 0.2) is 41.4 Å². The number of para-hydroxylation sites is 1. The summed E-state index contributed by atoms with van der Waals surface area (Å²) in [5.74, 6) is 2.22. The van der Waals surface area contributed by atoms with Gasteiger partial charge in [0.15, 0.2) is 17.5 Å². The molecule has 7 nitrogen and oxygen atoms in total. The maximum Gasteiger partial charge on any atom is 0.387 e. The van der Waals surface area contributed by atoms with Crippen LogP contribution in [0.25, 0.3) is 0 Å². The first-order chi connectivity index (χ1) is 14.5. The van der Waals surface area contributed by atoms with Gasteiger partial charge in [0.05, 0.1) is 27.9 Å². The number of guanidine groups is 1. The number of hydrogen-bond acceptors (Lipinski definition) is 5. The zero-order chi connectivity index (χ0) is 21.9. The minimum atomic E-state index is -2.88. The van der Waals surface area contributed by atoms with Crippen molar-refractivity contribution in [3.63, 3.8) is 0 Å². The Morgan fingerprint density at radius 2 is 1.63 bits per heavy atom. The highest BCUT2D eigenvalue weighted by molar-refractivity contribution is 5.79. The fourth-order valence-electron chi connectivity index (χ4n) is 2.83. The molecule has 0 aliphatic rings. The lowest BCUT2D eigenvalue weighted by molar-refractivity contribution is -0.0504. The number of hydrogen-bond donors (Lipinski definition) is 2. The minimum absolute atomic E-state index is 0.123. The highest BCUT2D eigenvalue weighted by Crippen LogP contribution is 2.39. The molecule has 0 radical (unpaired) electrons. The summed E-state index contributed by atoms with van der Waals surface area (Å²) in [6, 6.07) is 10.2. The van der Waals surface area contributed by atoms with E-state index in [0.717, 1.165) is 5.56 Å². The van der Waals surface area contributed by atoms with Crippen LogP contribution >= 0.6 is 0 Å². The van der Waals surface area contributed by atoms with Crippen LogP contribution in [-0.4, -0.2) is 40.4 Å². The number of nitrogens with one attached hydrogen (secondary N) is 2. The number of benzene rings is 2. The van der Waals surface area contributed by atoms with Gasteiger partial charge in [0.2, 0.25) is 5.75 Å². The summed E-state index contributed by atoms with van der Waals surface area (Å²) in [5, 5.41) is 6.25. The summed E-state index contributed by atoms with van der Waals surface area (Å²) in [7, 11) is 4.64. The van der Waals surface area contributed by atoms with Gasteiger partial charge in [0.25, 0.3) is 0 Å². The molecule has 2 aromatic carbocycles. The number of halogens is 2. The van der Waals surface area contributed by atoms with E-state index in [1.165, 1.54) is 13.2 Å². The third kappa shape index (κ3) is 6.13. The maximum absolute atomic E-state index is 12.6. The van der Waals surface area contributed by atoms with E-state index in [2.05, 4.69) is 20.4 Å². The molecule has 0 atom stereocenters. The van der Waals surface area contributed by atoms with Gasteiger partial charge < -0.3 is 29.6 Å². The molecule has 0 spiro atoms. The highest BCUT2D eigenvalue weighted by Gasteiger charge is 2.16. The van der Waals surface area contributed by atoms with Crippen molar-refractivity contribution in [2.24, 2.45) is 4.99 Å². The summed E-state index contributed by atoms with van der Waals surface area (Å²) in [6.45, 7) is 0.239. The number of ether oxygens (including phenoxy) is 4. The van der Waals surface area contributed by atoms with Crippen molar-refractivity contribution < 1.29 is 27.7 Å². The van der Waals surface area contributed by atoms with E-state index in [1.54, 1.807) is 38.5 Å². The SMILES string of the molecule is CCNC(=NCc1ccc(OC)c(OC)c1OC)NCc1ccccc1OC(F)F. The van der Waals surface area contributed by atoms with E-state index in [0.29, 0.717) is 41.9 Å². The average Bonchev–Trinajstić information content (AvgIpc) is 2.75. The second-order valence-corrected chi connectivity index (χ2v) is 6.03. The van der Waals surface area contributed by atoms with Crippen molar-refractivity contribution in [2.45, 2.75) is 26.6 Å². The Morgan fingerprint density at radius 1 is 0.900 bits per heavy atom. The van der Waals surface area contributed by atoms with Crippen LogP contribution in [0.1, 0.15) is 18.1 Å². The smallest absolute Gasteiger partial charge is 0.387 e. The van der Waals surface area contributed by atoms with E-state index in [9.17, 15) is 8.78 Å². The van der Waals surface area contributed by atoms with Crippen LogP contribution in [-0.2, 0) is 13.1 Å². The van der Waals surface area contributed by atoms with E-state index in [1.807, 2.05) is 13.0 Å². The summed E-state index contributed by atoms with van der Waals surface area (Å²) in [4.78, 5) is 4.56. The van der Waals surface area contributed by atoms with Crippen molar-refractivity contribution in [2.75, 3.05) is 27.9 Å². The number of rotatable bonds is 10. The average molecular weight is 423 g/mol. The monoisotopic (exact) mass is 423 g/mol. The van der Waals surface area contributed by atoms with Crippen LogP contribution in [0.3, 0.4) is 0 Å². The van der Waals surface area contributed by atoms with Gasteiger partial charge in [-0.2, -0.15) is 8.78 Å². The molecule has 0 aromatic heterocycles. The standard InChI is InChI=1S/C21H27F2N3O4/c1-5-24-21(25-12-14-8-6-7-9-16(14)30-20(22)23)26-13-15-10-11-17(27-2)19(29-4)18(15)28-3/h6-11,20H,5,12-13H2,1-4H3,(H2,24,25,26). The first-order valence-electron chi connectivity index (χ1n) is 9.36. The molecule has 0 aliphatic heterocycles. The molecule has 0 fully saturated rings. The topological polar surface area (TPSA) is 73.3 Å². The summed E-state index contributed by atoms with van der Waals surface area (Å²) in [6.07, 6.45) is 0. The molecule has 0 amide bonds. The second kappa shape index (κ2) is 11.7. The van der Waals surface area contributed by atoms with Crippen molar-refractivity contribution in [1.82, 2.24) is 10.6 Å². The van der Waals surface area contributed by atoms with E-state index in [-0.39, 0.29) is 12.3 Å². The largest absolute Gasteiger partial charge is 0.493 e. The fourth-order valence-corrected chi connectivity index (χ4v) is 2.83. The Morgan fingerprint density at radius 3 is 2.27 bits per heavy atom. The van der Waals surface area contributed by atoms with Gasteiger partial charge in [-0.05, 0) is 25.1 Å². The zero-order valence-corrected chi connectivity index (χ0v) is 17.5. The Hall–Kier alpha value is -3.23. The quantitative estimate of drug-likeness (QED) is 0.450. The highest BCUT2D eigenvalue weighted by atomic mass is 19.3. The van der Waals surface area contributed by atoms with E-state index < -0.39 is 6.61 Å². The lowest BCUT2D eigenvalue weighted by atomic mass is 10.1. The number of aliphatic imine (C=N–C) groups is 1. The van der Waals surface area contributed by atoms with Gasteiger partial charge in [0.1, 0.15) is 5.75 Å². The zero-order valence-electron chi connectivity index (χ0n) is 17.5. The molecule has 2 aromatic rings. The van der Waals surface area contributed by atoms with E-state index in [4.69, 9.17) is 14.2 Å². The number of alkyl halides is 2. The third-order valence-electron chi connectivity index (χ3n) is 4.17. The second-order valence-electron chi connectivity index (χ2n) is 6.03. The molecule has 2 rings (SSSR count). The predicted molar refractivity (Wildman–Crippen MR) is 111 cm³/mol. The van der Waals surface area contributed by atoms with Gasteiger partial charge in [-0.1, -0.05) is 18.2 Å². The minimum Gasteiger partial charge on any atom is -0.493 e. The Balaban J connectivity index is 2.18. The summed E-state index contributed by atoms with van der Waals surface area (Å²) >= 11 is 0. The van der Waals surface area contributed by atoms with Crippen LogP contribution in [0.5, 0.6) is 23.0 Å². The molecule has 30 heavy (non-hydrogen) atoms. The summed E-state index contributed by atoms with van der Waals surface area (Å²) in [5.41, 5.74) is 1.39. The molecular weight excluding hydrogens is 396 g/mol. The normalized spacial score (nSPS) is 11.2. The van der Waals surface area contributed by atoms with Crippen molar-refractivity contribution >= 4 is 5.96 Å². The van der Waals surface area contributed by atoms with Crippen LogP contribution in [0.2, 0.25) is 0 Å². The van der Waals surface area contributed by atoms with Gasteiger partial charge in [0, 0.05) is 24.2 Å². The van der Waals surface area contributed by atoms with Crippen molar-refractivity contribution in [3.05, 3.63) is 47.5 Å². The Labute approximate surface area is 175 Å². The van der Waals surface area contributed by atoms with Crippen LogP contribution in [0, 0.1) is 0 Å². The lowest BCUT2D eigenvalue weighted by Crippen LogP contribution is -2.36. The molecule has 0 unspecified atom stereocenters. The molecule has 164 valence electrons. The first-order valence-corrected chi connectivity index (χ1v) is 9.36. The molecule has 0 aliphatic carbocycles. The van der Waals surface area contributed by atoms with Crippen molar-refractivity contribution in [1.29, 1.82) is 0 Å². The van der Waals surface area contributed by atoms with Crippen LogP contribution < -0.4 is 29.6 Å². The first kappa shape index (κ1) is 23.1. The fraction of sp³-hybridized carbons (Fsp3) is 0.381. The van der Waals surface area contributed by atoms with E-state index >= 15 is 0 Å². The van der Waals surface area contributed by atoms with Crippen molar-refractivity contribution in [3.8, 4) is 23.0 Å². The molecule has 0 saturated carbocycles. The molecule has 0 bridgehead atoms. The van der Waals surface area contributed by atoms with Gasteiger partial charge in [-0.3, -0.25) is 0 Å². The van der Waals surface area contributed by atoms with Crippen LogP contribution in [0.4, 0.5) is 8.78 Å². The molecule has 0 heterocycles. The number of nitrogens with zero attached hydrogens (tertiary/aromatic N) is 1. The molecule has 0 saturated heterocycles. The predicted octanol–water partition coefficient (Wildman–Crippen LogP) is 3.57. The Kier molecular flexibility index (Phi) is 8.99.